The molecule has 0 saturated carbocycles. The number of likely N-dealkylation sites (tertiary alicyclic amines) is 1. The van der Waals surface area contributed by atoms with E-state index in [-0.39, 0.29) is 17.0 Å². The number of carbonyl (C=O) groups is 2. The number of hydrogen-bond donors (Lipinski definition) is 1. The van der Waals surface area contributed by atoms with Gasteiger partial charge in [0.05, 0.1) is 10.1 Å². The molecule has 0 aliphatic carbocycles. The fourth-order valence-electron chi connectivity index (χ4n) is 2.69. The maximum absolute atomic E-state index is 12.8. The molecule has 0 bridgehead atoms. The molecule has 1 saturated heterocycles. The number of rotatable bonds is 3. The fraction of sp³-hybridized carbons (Fsp3) is 0.529. The smallest absolute Gasteiger partial charge is 0.410 e. The Kier molecular flexibility index (Phi) is 5.41. The van der Waals surface area contributed by atoms with E-state index in [0.29, 0.717) is 19.4 Å². The Morgan fingerprint density at radius 2 is 1.80 bits per heavy atom. The Morgan fingerprint density at radius 1 is 1.20 bits per heavy atom. The Morgan fingerprint density at radius 3 is 2.32 bits per heavy atom. The van der Waals surface area contributed by atoms with Gasteiger partial charge in [-0.2, -0.15) is 0 Å². The zero-order valence-corrected chi connectivity index (χ0v) is 15.5. The zero-order valence-electron chi connectivity index (χ0n) is 14.7. The lowest BCUT2D eigenvalue weighted by atomic mass is 10.1. The van der Waals surface area contributed by atoms with Crippen molar-refractivity contribution >= 4 is 21.8 Å². The minimum Gasteiger partial charge on any atom is -0.444 e. The number of sulfone groups is 1. The monoisotopic (exact) mass is 368 g/mol. The predicted octanol–water partition coefficient (Wildman–Crippen LogP) is 1.96. The first-order valence-electron chi connectivity index (χ1n) is 8.12. The molecule has 1 fully saturated rings. The highest BCUT2D eigenvalue weighted by atomic mass is 32.2. The molecular formula is C17H24N2O5S. The van der Waals surface area contributed by atoms with Crippen LogP contribution < -0.4 is 5.73 Å². The number of ether oxygens (including phenoxy) is 1. The predicted molar refractivity (Wildman–Crippen MR) is 93.0 cm³/mol. The third-order valence-electron chi connectivity index (χ3n) is 3.94. The average Bonchev–Trinajstić information content (AvgIpc) is 2.53. The van der Waals surface area contributed by atoms with Crippen molar-refractivity contribution in [3.05, 3.63) is 29.8 Å². The number of benzene rings is 1. The lowest BCUT2D eigenvalue weighted by Gasteiger charge is -2.33. The first-order valence-corrected chi connectivity index (χ1v) is 9.67. The minimum atomic E-state index is -3.62. The van der Waals surface area contributed by atoms with Gasteiger partial charge in [-0.05, 0) is 57.9 Å². The highest BCUT2D eigenvalue weighted by Gasteiger charge is 2.35. The Hall–Kier alpha value is -2.09. The molecule has 2 rings (SSSR count). The molecule has 1 aromatic rings. The number of nitrogens with two attached hydrogens (primary N) is 1. The van der Waals surface area contributed by atoms with E-state index in [9.17, 15) is 18.0 Å². The van der Waals surface area contributed by atoms with Gasteiger partial charge in [0.2, 0.25) is 5.91 Å². The van der Waals surface area contributed by atoms with Crippen molar-refractivity contribution in [2.45, 2.75) is 49.4 Å². The molecule has 1 aliphatic heterocycles. The van der Waals surface area contributed by atoms with Gasteiger partial charge in [0.25, 0.3) is 0 Å². The molecule has 0 spiro atoms. The molecule has 2 amide bonds. The van der Waals surface area contributed by atoms with Crippen molar-refractivity contribution < 1.29 is 22.7 Å². The quantitative estimate of drug-likeness (QED) is 0.877. The van der Waals surface area contributed by atoms with E-state index in [1.807, 2.05) is 0 Å². The van der Waals surface area contributed by atoms with Crippen molar-refractivity contribution in [1.82, 2.24) is 4.90 Å². The van der Waals surface area contributed by atoms with Crippen molar-refractivity contribution in [3.8, 4) is 0 Å². The van der Waals surface area contributed by atoms with Crippen LogP contribution in [0, 0.1) is 0 Å². The van der Waals surface area contributed by atoms with Gasteiger partial charge in [0, 0.05) is 18.7 Å². The van der Waals surface area contributed by atoms with Gasteiger partial charge in [-0.1, -0.05) is 0 Å². The molecule has 0 unspecified atom stereocenters. The molecule has 0 aromatic heterocycles. The fourth-order valence-corrected chi connectivity index (χ4v) is 4.44. The van der Waals surface area contributed by atoms with Gasteiger partial charge in [0.15, 0.2) is 9.84 Å². The maximum atomic E-state index is 12.8. The molecule has 1 aliphatic rings. The number of hydrogen-bond acceptors (Lipinski definition) is 5. The van der Waals surface area contributed by atoms with Crippen molar-refractivity contribution in [3.63, 3.8) is 0 Å². The van der Waals surface area contributed by atoms with Crippen LogP contribution >= 0.6 is 0 Å². The van der Waals surface area contributed by atoms with Crippen LogP contribution in [-0.4, -0.2) is 49.3 Å². The molecular weight excluding hydrogens is 344 g/mol. The van der Waals surface area contributed by atoms with Crippen LogP contribution in [0.25, 0.3) is 0 Å². The number of carbonyl (C=O) groups excluding carboxylic acids is 2. The lowest BCUT2D eigenvalue weighted by Crippen LogP contribution is -2.47. The minimum absolute atomic E-state index is 0.0921. The first-order chi connectivity index (χ1) is 11.5. The van der Waals surface area contributed by atoms with Gasteiger partial charge in [-0.25, -0.2) is 13.2 Å². The van der Waals surface area contributed by atoms with Crippen molar-refractivity contribution in [2.75, 3.05) is 13.1 Å². The number of piperidine rings is 1. The van der Waals surface area contributed by atoms with Crippen LogP contribution in [0.5, 0.6) is 0 Å². The summed E-state index contributed by atoms with van der Waals surface area (Å²) in [6.07, 6.45) is 0.554. The van der Waals surface area contributed by atoms with E-state index in [4.69, 9.17) is 10.5 Å². The van der Waals surface area contributed by atoms with Gasteiger partial charge >= 0.3 is 6.09 Å². The van der Waals surface area contributed by atoms with Crippen LogP contribution in [0.15, 0.2) is 29.2 Å². The van der Waals surface area contributed by atoms with Gasteiger partial charge in [-0.3, -0.25) is 4.79 Å². The summed E-state index contributed by atoms with van der Waals surface area (Å²) in [6, 6.07) is 5.54. The Labute approximate surface area is 148 Å². The van der Waals surface area contributed by atoms with Crippen LogP contribution in [0.4, 0.5) is 4.79 Å². The highest BCUT2D eigenvalue weighted by Crippen LogP contribution is 2.25. The normalized spacial score (nSPS) is 18.7. The topological polar surface area (TPSA) is 107 Å². The second kappa shape index (κ2) is 7.03. The maximum Gasteiger partial charge on any atom is 0.410 e. The molecule has 2 N–H and O–H groups in total. The summed E-state index contributed by atoms with van der Waals surface area (Å²) in [6.45, 7) is 5.87. The van der Waals surface area contributed by atoms with Crippen LogP contribution in [0.2, 0.25) is 0 Å². The second-order valence-corrected chi connectivity index (χ2v) is 9.35. The molecule has 1 aromatic carbocycles. The lowest BCUT2D eigenvalue weighted by molar-refractivity contribution is 0.0219. The summed E-state index contributed by atoms with van der Waals surface area (Å²) in [5.41, 5.74) is 4.79. The average molecular weight is 368 g/mol. The summed E-state index contributed by atoms with van der Waals surface area (Å²) in [5, 5.41) is -0.701. The number of primary amides is 1. The van der Waals surface area contributed by atoms with Gasteiger partial charge in [-0.15, -0.1) is 0 Å². The van der Waals surface area contributed by atoms with E-state index < -0.39 is 32.7 Å². The van der Waals surface area contributed by atoms with Crippen LogP contribution in [-0.2, 0) is 14.6 Å². The molecule has 25 heavy (non-hydrogen) atoms. The molecule has 0 radical (unpaired) electrons. The summed E-state index contributed by atoms with van der Waals surface area (Å²) in [4.78, 5) is 24.9. The van der Waals surface area contributed by atoms with Crippen LogP contribution in [0.3, 0.4) is 0 Å². The highest BCUT2D eigenvalue weighted by molar-refractivity contribution is 7.92. The first kappa shape index (κ1) is 19.2. The third-order valence-corrected chi connectivity index (χ3v) is 6.13. The van der Waals surface area contributed by atoms with E-state index in [1.54, 1.807) is 20.8 Å². The van der Waals surface area contributed by atoms with E-state index in [2.05, 4.69) is 0 Å². The summed E-state index contributed by atoms with van der Waals surface area (Å²) in [7, 11) is -3.62. The van der Waals surface area contributed by atoms with Crippen molar-refractivity contribution in [2.24, 2.45) is 5.73 Å². The standard InChI is InChI=1S/C17H24N2O5S/c1-17(2,3)24-16(21)19-10-4-5-14(11-19)25(22,23)13-8-6-12(7-9-13)15(18)20/h6-9,14H,4-5,10-11H2,1-3H3,(H2,18,20)/t14-/m1/s1. The van der Waals surface area contributed by atoms with Gasteiger partial charge in [0.1, 0.15) is 5.60 Å². The SMILES string of the molecule is CC(C)(C)OC(=O)N1CCC[C@@H](S(=O)(=O)c2ccc(C(N)=O)cc2)C1. The van der Waals surface area contributed by atoms with Gasteiger partial charge < -0.3 is 15.4 Å². The third kappa shape index (κ3) is 4.72. The summed E-state index contributed by atoms with van der Waals surface area (Å²) >= 11 is 0. The van der Waals surface area contributed by atoms with Crippen molar-refractivity contribution in [1.29, 1.82) is 0 Å². The zero-order chi connectivity index (χ0) is 18.8. The molecule has 7 nitrogen and oxygen atoms in total. The van der Waals surface area contributed by atoms with E-state index in [0.717, 1.165) is 0 Å². The van der Waals surface area contributed by atoms with E-state index >= 15 is 0 Å². The van der Waals surface area contributed by atoms with Crippen LogP contribution in [0.1, 0.15) is 44.0 Å². The summed E-state index contributed by atoms with van der Waals surface area (Å²) < 4.78 is 31.0. The largest absolute Gasteiger partial charge is 0.444 e. The summed E-state index contributed by atoms with van der Waals surface area (Å²) in [5.74, 6) is -0.613. The second-order valence-electron chi connectivity index (χ2n) is 7.12. The molecule has 8 heteroatoms. The number of amides is 2. The molecule has 1 heterocycles. The Balaban J connectivity index is 2.16. The Bertz CT molecular complexity index is 750. The number of nitrogens with zero attached hydrogens (tertiary/aromatic N) is 1. The molecule has 1 atom stereocenters. The molecule has 138 valence electrons. The van der Waals surface area contributed by atoms with E-state index in [1.165, 1.54) is 29.2 Å².